The average Bonchev–Trinajstić information content (AvgIpc) is 2.11. The highest BCUT2D eigenvalue weighted by Gasteiger charge is 2.33. The second-order valence-electron chi connectivity index (χ2n) is 1.63. The molecule has 55 valence electrons. The lowest BCUT2D eigenvalue weighted by Crippen LogP contribution is -2.02. The Kier molecular flexibility index (Phi) is 1.68. The van der Waals surface area contributed by atoms with E-state index in [4.69, 9.17) is 0 Å². The topological polar surface area (TPSA) is 12.9 Å². The lowest BCUT2D eigenvalue weighted by molar-refractivity contribution is -0.137. The van der Waals surface area contributed by atoms with Gasteiger partial charge in [0.25, 0.3) is 0 Å². The molecule has 5 heteroatoms. The van der Waals surface area contributed by atoms with Crippen LogP contribution in [0.4, 0.5) is 13.2 Å². The fourth-order valence-corrected chi connectivity index (χ4v) is 1.01. The molecule has 0 aromatic carbocycles. The Morgan fingerprint density at radius 2 is 2.10 bits per heavy atom. The molecule has 1 rings (SSSR count). The van der Waals surface area contributed by atoms with Crippen molar-refractivity contribution in [3.8, 4) is 0 Å². The first-order chi connectivity index (χ1) is 4.50. The quantitative estimate of drug-likeness (QED) is 0.576. The average molecular weight is 166 g/mol. The number of nitrogens with zero attached hydrogens (tertiary/aromatic N) is 1. The van der Waals surface area contributed by atoms with E-state index >= 15 is 0 Å². The summed E-state index contributed by atoms with van der Waals surface area (Å²) in [6.45, 7) is 3.31. The summed E-state index contributed by atoms with van der Waals surface area (Å²) in [5.41, 5.74) is 0. The Bertz CT molecular complexity index is 227. The third-order valence-electron chi connectivity index (χ3n) is 0.796. The van der Waals surface area contributed by atoms with Gasteiger partial charge in [-0.3, -0.25) is 0 Å². The smallest absolute Gasteiger partial charge is 0.240 e. The molecule has 0 atom stereocenters. The minimum absolute atomic E-state index is 0.326. The lowest BCUT2D eigenvalue weighted by Gasteiger charge is -1.98. The van der Waals surface area contributed by atoms with E-state index in [0.717, 1.165) is 6.20 Å². The van der Waals surface area contributed by atoms with Crippen LogP contribution in [-0.4, -0.2) is 4.98 Å². The van der Waals surface area contributed by atoms with Crippen molar-refractivity contribution in [1.82, 2.24) is 4.98 Å². The van der Waals surface area contributed by atoms with Gasteiger partial charge in [-0.2, -0.15) is 13.2 Å². The maximum absolute atomic E-state index is 11.7. The zero-order valence-electron chi connectivity index (χ0n) is 4.77. The van der Waals surface area contributed by atoms with Crippen LogP contribution in [-0.2, 0) is 6.18 Å². The molecule has 0 N–H and O–H groups in total. The van der Waals surface area contributed by atoms with Crippen LogP contribution in [0, 0.1) is 6.92 Å². The highest BCUT2D eigenvalue weighted by Crippen LogP contribution is 2.31. The number of aromatic nitrogens is 1. The third-order valence-corrected chi connectivity index (χ3v) is 1.69. The van der Waals surface area contributed by atoms with E-state index in [9.17, 15) is 13.2 Å². The first-order valence-corrected chi connectivity index (χ1v) is 3.17. The molecule has 1 aromatic heterocycles. The molecule has 0 unspecified atom stereocenters. The monoisotopic (exact) mass is 166 g/mol. The Hall–Kier alpha value is -0.580. The van der Waals surface area contributed by atoms with E-state index in [1.165, 1.54) is 0 Å². The summed E-state index contributed by atoms with van der Waals surface area (Å²) in [6, 6.07) is 0. The van der Waals surface area contributed by atoms with Crippen LogP contribution in [0.2, 0.25) is 0 Å². The Labute approximate surface area is 59.5 Å². The molecule has 0 aliphatic heterocycles. The Morgan fingerprint density at radius 1 is 1.50 bits per heavy atom. The minimum Gasteiger partial charge on any atom is -0.240 e. The van der Waals surface area contributed by atoms with E-state index in [2.05, 4.69) is 11.9 Å². The SMILES string of the molecule is [CH2]c1cnc(C(F)(F)F)s1. The van der Waals surface area contributed by atoms with Gasteiger partial charge >= 0.3 is 6.18 Å². The number of hydrogen-bond donors (Lipinski definition) is 0. The fraction of sp³-hybridized carbons (Fsp3) is 0.200. The van der Waals surface area contributed by atoms with E-state index in [1.54, 1.807) is 0 Å². The number of thiazole rings is 1. The van der Waals surface area contributed by atoms with Crippen LogP contribution in [0.1, 0.15) is 9.88 Å². The van der Waals surface area contributed by atoms with Gasteiger partial charge in [-0.15, -0.1) is 11.3 Å². The molecule has 0 amide bonds. The summed E-state index contributed by atoms with van der Waals surface area (Å²) >= 11 is 0.547. The Morgan fingerprint density at radius 3 is 2.30 bits per heavy atom. The first kappa shape index (κ1) is 7.53. The van der Waals surface area contributed by atoms with Crippen LogP contribution in [0.15, 0.2) is 6.20 Å². The second-order valence-corrected chi connectivity index (χ2v) is 2.74. The number of rotatable bonds is 0. The van der Waals surface area contributed by atoms with Crippen molar-refractivity contribution in [1.29, 1.82) is 0 Å². The predicted octanol–water partition coefficient (Wildman–Crippen LogP) is 2.34. The predicted molar refractivity (Wildman–Crippen MR) is 31.6 cm³/mol. The van der Waals surface area contributed by atoms with Gasteiger partial charge < -0.3 is 0 Å². The van der Waals surface area contributed by atoms with Gasteiger partial charge in [-0.1, -0.05) is 0 Å². The third kappa shape index (κ3) is 1.47. The molecular formula is C5H3F3NS. The van der Waals surface area contributed by atoms with Gasteiger partial charge in [0.15, 0.2) is 5.01 Å². The summed E-state index contributed by atoms with van der Waals surface area (Å²) in [5, 5.41) is -0.836. The van der Waals surface area contributed by atoms with Crippen molar-refractivity contribution in [2.75, 3.05) is 0 Å². The molecule has 0 spiro atoms. The molecule has 0 saturated heterocycles. The second kappa shape index (κ2) is 2.23. The van der Waals surface area contributed by atoms with E-state index in [1.807, 2.05) is 0 Å². The number of alkyl halides is 3. The molecule has 1 aromatic rings. The summed E-state index contributed by atoms with van der Waals surface area (Å²) in [6.07, 6.45) is -3.21. The normalized spacial score (nSPS) is 12.0. The summed E-state index contributed by atoms with van der Waals surface area (Å²) in [4.78, 5) is 3.44. The molecule has 0 bridgehead atoms. The molecule has 0 fully saturated rings. The lowest BCUT2D eigenvalue weighted by atomic mass is 10.6. The molecular weight excluding hydrogens is 163 g/mol. The number of hydrogen-bond acceptors (Lipinski definition) is 2. The molecule has 0 aliphatic rings. The van der Waals surface area contributed by atoms with Gasteiger partial charge in [0.2, 0.25) is 0 Å². The molecule has 10 heavy (non-hydrogen) atoms. The van der Waals surface area contributed by atoms with Gasteiger partial charge in [-0.25, -0.2) is 4.98 Å². The fourth-order valence-electron chi connectivity index (χ4n) is 0.439. The van der Waals surface area contributed by atoms with Crippen molar-refractivity contribution in [3.63, 3.8) is 0 Å². The molecule has 0 aliphatic carbocycles. The van der Waals surface area contributed by atoms with Crippen molar-refractivity contribution in [2.24, 2.45) is 0 Å². The Balaban J connectivity index is 2.96. The van der Waals surface area contributed by atoms with E-state index in [0.29, 0.717) is 16.2 Å². The van der Waals surface area contributed by atoms with Gasteiger partial charge in [-0.05, 0) is 6.92 Å². The maximum atomic E-state index is 11.7. The maximum Gasteiger partial charge on any atom is 0.443 e. The summed E-state index contributed by atoms with van der Waals surface area (Å²) in [7, 11) is 0. The van der Waals surface area contributed by atoms with Crippen molar-refractivity contribution in [2.45, 2.75) is 6.18 Å². The van der Waals surface area contributed by atoms with E-state index in [-0.39, 0.29) is 0 Å². The molecule has 1 nitrogen and oxygen atoms in total. The summed E-state index contributed by atoms with van der Waals surface area (Å²) in [5.74, 6) is 0. The van der Waals surface area contributed by atoms with Crippen molar-refractivity contribution >= 4 is 11.3 Å². The van der Waals surface area contributed by atoms with Crippen LogP contribution in [0.25, 0.3) is 0 Å². The first-order valence-electron chi connectivity index (χ1n) is 2.35. The van der Waals surface area contributed by atoms with E-state index < -0.39 is 11.2 Å². The summed E-state index contributed by atoms with van der Waals surface area (Å²) < 4.78 is 35.2. The van der Waals surface area contributed by atoms with Crippen LogP contribution in [0.5, 0.6) is 0 Å². The van der Waals surface area contributed by atoms with Crippen LogP contribution >= 0.6 is 11.3 Å². The zero-order valence-corrected chi connectivity index (χ0v) is 5.59. The van der Waals surface area contributed by atoms with Crippen molar-refractivity contribution in [3.05, 3.63) is 23.0 Å². The largest absolute Gasteiger partial charge is 0.443 e. The number of halogens is 3. The minimum atomic E-state index is -4.32. The zero-order chi connectivity index (χ0) is 7.78. The molecule has 1 heterocycles. The standard InChI is InChI=1S/C5H3F3NS/c1-3-2-9-4(10-3)5(6,7)8/h2H,1H2. The highest BCUT2D eigenvalue weighted by atomic mass is 32.1. The van der Waals surface area contributed by atoms with Gasteiger partial charge in [0, 0.05) is 11.1 Å². The van der Waals surface area contributed by atoms with Crippen molar-refractivity contribution < 1.29 is 13.2 Å². The van der Waals surface area contributed by atoms with Crippen LogP contribution < -0.4 is 0 Å². The highest BCUT2D eigenvalue weighted by molar-refractivity contribution is 7.11. The molecule has 1 radical (unpaired) electrons. The molecule has 0 saturated carbocycles. The van der Waals surface area contributed by atoms with Crippen LogP contribution in [0.3, 0.4) is 0 Å². The van der Waals surface area contributed by atoms with Gasteiger partial charge in [0.1, 0.15) is 0 Å². The van der Waals surface area contributed by atoms with Gasteiger partial charge in [0.05, 0.1) is 0 Å².